The van der Waals surface area contributed by atoms with Crippen LogP contribution in [0.25, 0.3) is 0 Å². The summed E-state index contributed by atoms with van der Waals surface area (Å²) in [6, 6.07) is 30.3. The highest BCUT2D eigenvalue weighted by molar-refractivity contribution is 7.99. The third-order valence-corrected chi connectivity index (χ3v) is 6.16. The van der Waals surface area contributed by atoms with E-state index in [0.717, 1.165) is 21.0 Å². The van der Waals surface area contributed by atoms with Crippen LogP contribution in [0.3, 0.4) is 0 Å². The molecule has 0 saturated carbocycles. The fourth-order valence-corrected chi connectivity index (χ4v) is 4.32. The molecule has 0 bridgehead atoms. The molecule has 0 unspecified atom stereocenters. The molecule has 33 heavy (non-hydrogen) atoms. The van der Waals surface area contributed by atoms with E-state index in [0.29, 0.717) is 22.1 Å². The molecule has 0 saturated heterocycles. The lowest BCUT2D eigenvalue weighted by Crippen LogP contribution is -2.13. The van der Waals surface area contributed by atoms with Gasteiger partial charge in [-0.2, -0.15) is 0 Å². The number of amides is 1. The highest BCUT2D eigenvalue weighted by Gasteiger charge is 2.13. The van der Waals surface area contributed by atoms with Gasteiger partial charge in [-0.15, -0.1) is 0 Å². The van der Waals surface area contributed by atoms with E-state index < -0.39 is 0 Å². The Balaban J connectivity index is 1.51. The first-order valence-corrected chi connectivity index (χ1v) is 11.5. The maximum absolute atomic E-state index is 13.1. The molecule has 4 aromatic carbocycles. The zero-order valence-corrected chi connectivity index (χ0v) is 19.5. The van der Waals surface area contributed by atoms with Crippen LogP contribution in [0.2, 0.25) is 5.02 Å². The number of methoxy groups -OCH3 is 1. The minimum absolute atomic E-state index is 0.206. The summed E-state index contributed by atoms with van der Waals surface area (Å²) < 4.78 is 11.3. The van der Waals surface area contributed by atoms with Crippen LogP contribution in [0.5, 0.6) is 11.5 Å². The number of ether oxygens (including phenoxy) is 2. The van der Waals surface area contributed by atoms with Gasteiger partial charge in [-0.05, 0) is 60.7 Å². The van der Waals surface area contributed by atoms with Crippen LogP contribution in [0, 0.1) is 0 Å². The first-order valence-electron chi connectivity index (χ1n) is 10.3. The SMILES string of the molecule is COc1ccc(C(=O)Nc2ccccc2Sc2ccccc2)cc1COc1cccc(Cl)c1. The van der Waals surface area contributed by atoms with Crippen LogP contribution >= 0.6 is 23.4 Å². The maximum atomic E-state index is 13.1. The van der Waals surface area contributed by atoms with Crippen LogP contribution in [-0.2, 0) is 6.61 Å². The predicted molar refractivity (Wildman–Crippen MR) is 134 cm³/mol. The first kappa shape index (κ1) is 22.8. The fourth-order valence-electron chi connectivity index (χ4n) is 3.22. The molecule has 0 aliphatic carbocycles. The summed E-state index contributed by atoms with van der Waals surface area (Å²) in [6.07, 6.45) is 0. The molecule has 6 heteroatoms. The Hall–Kier alpha value is -3.41. The van der Waals surface area contributed by atoms with E-state index in [4.69, 9.17) is 21.1 Å². The molecule has 166 valence electrons. The average Bonchev–Trinajstić information content (AvgIpc) is 2.84. The van der Waals surface area contributed by atoms with E-state index in [9.17, 15) is 4.79 Å². The zero-order chi connectivity index (χ0) is 23.0. The second-order valence-corrected chi connectivity index (χ2v) is 8.69. The van der Waals surface area contributed by atoms with E-state index in [2.05, 4.69) is 5.32 Å². The van der Waals surface area contributed by atoms with Crippen LogP contribution < -0.4 is 14.8 Å². The molecule has 0 spiro atoms. The van der Waals surface area contributed by atoms with Crippen molar-refractivity contribution in [2.45, 2.75) is 16.4 Å². The lowest BCUT2D eigenvalue weighted by atomic mass is 10.1. The minimum Gasteiger partial charge on any atom is -0.496 e. The zero-order valence-electron chi connectivity index (χ0n) is 18.0. The number of hydrogen-bond acceptors (Lipinski definition) is 4. The van der Waals surface area contributed by atoms with E-state index in [1.54, 1.807) is 49.2 Å². The quantitative estimate of drug-likeness (QED) is 0.290. The monoisotopic (exact) mass is 475 g/mol. The summed E-state index contributed by atoms with van der Waals surface area (Å²) >= 11 is 7.64. The molecule has 0 aliphatic heterocycles. The molecular formula is C27H22ClNO3S. The standard InChI is InChI=1S/C27H22ClNO3S/c1-31-25-15-14-19(16-20(25)18-32-22-9-7-8-21(28)17-22)27(30)29-24-12-5-6-13-26(24)33-23-10-3-2-4-11-23/h2-17H,18H2,1H3,(H,29,30). The van der Waals surface area contributed by atoms with Crippen molar-refractivity contribution in [3.8, 4) is 11.5 Å². The van der Waals surface area contributed by atoms with E-state index in [1.807, 2.05) is 66.7 Å². The van der Waals surface area contributed by atoms with Gasteiger partial charge in [-0.1, -0.05) is 59.8 Å². The fraction of sp³-hybridized carbons (Fsp3) is 0.0741. The van der Waals surface area contributed by atoms with Crippen molar-refractivity contribution in [3.05, 3.63) is 113 Å². The number of rotatable bonds is 8. The Morgan fingerprint density at radius 3 is 2.48 bits per heavy atom. The molecular weight excluding hydrogens is 454 g/mol. The minimum atomic E-state index is -0.206. The summed E-state index contributed by atoms with van der Waals surface area (Å²) in [5.74, 6) is 1.09. The molecule has 0 fully saturated rings. The Morgan fingerprint density at radius 1 is 0.909 bits per heavy atom. The molecule has 4 rings (SSSR count). The molecule has 1 N–H and O–H groups in total. The number of para-hydroxylation sites is 1. The van der Waals surface area contributed by atoms with Crippen molar-refractivity contribution in [1.82, 2.24) is 0 Å². The molecule has 0 aromatic heterocycles. The molecule has 1 amide bonds. The van der Waals surface area contributed by atoms with Crippen LogP contribution in [-0.4, -0.2) is 13.0 Å². The van der Waals surface area contributed by atoms with Gasteiger partial charge >= 0.3 is 0 Å². The topological polar surface area (TPSA) is 47.6 Å². The van der Waals surface area contributed by atoms with Crippen molar-refractivity contribution < 1.29 is 14.3 Å². The summed E-state index contributed by atoms with van der Waals surface area (Å²) in [5, 5.41) is 3.63. The number of carbonyl (C=O) groups excluding carboxylic acids is 1. The third kappa shape index (κ3) is 6.09. The molecule has 0 aliphatic rings. The Labute approximate surface area is 202 Å². The van der Waals surface area contributed by atoms with Crippen LogP contribution in [0.15, 0.2) is 107 Å². The van der Waals surface area contributed by atoms with Crippen molar-refractivity contribution in [2.75, 3.05) is 12.4 Å². The van der Waals surface area contributed by atoms with Gasteiger partial charge in [0, 0.05) is 25.9 Å². The second-order valence-electron chi connectivity index (χ2n) is 7.14. The maximum Gasteiger partial charge on any atom is 0.255 e. The molecule has 4 aromatic rings. The van der Waals surface area contributed by atoms with Crippen molar-refractivity contribution in [3.63, 3.8) is 0 Å². The summed E-state index contributed by atoms with van der Waals surface area (Å²) in [4.78, 5) is 15.1. The second kappa shape index (κ2) is 10.9. The number of halogens is 1. The molecule has 0 heterocycles. The van der Waals surface area contributed by atoms with Gasteiger partial charge in [0.05, 0.1) is 12.8 Å². The van der Waals surface area contributed by atoms with Gasteiger partial charge in [0.15, 0.2) is 0 Å². The smallest absolute Gasteiger partial charge is 0.255 e. The Kier molecular flexibility index (Phi) is 7.55. The van der Waals surface area contributed by atoms with Gasteiger partial charge < -0.3 is 14.8 Å². The number of nitrogens with one attached hydrogen (secondary N) is 1. The highest BCUT2D eigenvalue weighted by Crippen LogP contribution is 2.33. The average molecular weight is 476 g/mol. The van der Waals surface area contributed by atoms with Crippen molar-refractivity contribution in [2.24, 2.45) is 0 Å². The third-order valence-electron chi connectivity index (χ3n) is 4.84. The Bertz CT molecular complexity index is 1250. The number of anilines is 1. The largest absolute Gasteiger partial charge is 0.496 e. The number of carbonyl (C=O) groups is 1. The first-order chi connectivity index (χ1) is 16.1. The van der Waals surface area contributed by atoms with Gasteiger partial charge in [0.25, 0.3) is 5.91 Å². The predicted octanol–water partition coefficient (Wildman–Crippen LogP) is 7.33. The van der Waals surface area contributed by atoms with Gasteiger partial charge in [0.2, 0.25) is 0 Å². The van der Waals surface area contributed by atoms with Gasteiger partial charge in [0.1, 0.15) is 18.1 Å². The lowest BCUT2D eigenvalue weighted by Gasteiger charge is -2.14. The summed E-state index contributed by atoms with van der Waals surface area (Å²) in [7, 11) is 1.59. The molecule has 0 atom stereocenters. The highest BCUT2D eigenvalue weighted by atomic mass is 35.5. The van der Waals surface area contributed by atoms with Gasteiger partial charge in [-0.25, -0.2) is 0 Å². The van der Waals surface area contributed by atoms with Crippen LogP contribution in [0.4, 0.5) is 5.69 Å². The van der Waals surface area contributed by atoms with E-state index in [-0.39, 0.29) is 12.5 Å². The van der Waals surface area contributed by atoms with E-state index in [1.165, 1.54) is 0 Å². The van der Waals surface area contributed by atoms with Crippen molar-refractivity contribution in [1.29, 1.82) is 0 Å². The van der Waals surface area contributed by atoms with Crippen LogP contribution in [0.1, 0.15) is 15.9 Å². The van der Waals surface area contributed by atoms with Gasteiger partial charge in [-0.3, -0.25) is 4.79 Å². The number of benzene rings is 4. The summed E-state index contributed by atoms with van der Waals surface area (Å²) in [6.45, 7) is 0.241. The molecule has 0 radical (unpaired) electrons. The van der Waals surface area contributed by atoms with E-state index >= 15 is 0 Å². The molecule has 4 nitrogen and oxygen atoms in total. The summed E-state index contributed by atoms with van der Waals surface area (Å²) in [5.41, 5.74) is 2.03. The Morgan fingerprint density at radius 2 is 1.70 bits per heavy atom. The number of hydrogen-bond donors (Lipinski definition) is 1. The normalized spacial score (nSPS) is 10.5. The lowest BCUT2D eigenvalue weighted by molar-refractivity contribution is 0.102. The van der Waals surface area contributed by atoms with Crippen molar-refractivity contribution >= 4 is 35.0 Å².